The van der Waals surface area contributed by atoms with E-state index in [1.165, 1.54) is 4.90 Å². The quantitative estimate of drug-likeness (QED) is 0.733. The van der Waals surface area contributed by atoms with Gasteiger partial charge in [0.05, 0.1) is 13.1 Å². The molecule has 0 aliphatic rings. The van der Waals surface area contributed by atoms with Gasteiger partial charge in [-0.15, -0.1) is 0 Å². The van der Waals surface area contributed by atoms with Gasteiger partial charge in [-0.2, -0.15) is 0 Å². The monoisotopic (exact) mass is 229 g/mol. The molecule has 0 saturated carbocycles. The molecule has 0 aliphatic heterocycles. The van der Waals surface area contributed by atoms with Crippen LogP contribution < -0.4 is 5.32 Å². The molecule has 0 bridgehead atoms. The van der Waals surface area contributed by atoms with Crippen molar-refractivity contribution in [2.75, 3.05) is 34.2 Å². The maximum absolute atomic E-state index is 11.5. The molecule has 0 rings (SSSR count). The minimum Gasteiger partial charge on any atom is -0.350 e. The number of likely N-dealkylation sites (N-methyl/N-ethyl adjacent to an activating group) is 2. The van der Waals surface area contributed by atoms with E-state index in [0.29, 0.717) is 0 Å². The molecule has 0 spiro atoms. The Morgan fingerprint density at radius 3 is 1.94 bits per heavy atom. The summed E-state index contributed by atoms with van der Waals surface area (Å²) in [5.74, 6) is -0.0763. The molecule has 0 aromatic carbocycles. The molecular weight excluding hydrogens is 206 g/mol. The molecule has 1 N–H and O–H groups in total. The largest absolute Gasteiger partial charge is 0.350 e. The smallest absolute Gasteiger partial charge is 0.236 e. The van der Waals surface area contributed by atoms with Crippen molar-refractivity contribution < 1.29 is 9.59 Å². The number of amides is 2. The predicted octanol–water partition coefficient (Wildman–Crippen LogP) is -0.0789. The van der Waals surface area contributed by atoms with Gasteiger partial charge in [0.25, 0.3) is 0 Å². The van der Waals surface area contributed by atoms with Gasteiger partial charge in [-0.25, -0.2) is 0 Å². The van der Waals surface area contributed by atoms with E-state index in [1.54, 1.807) is 26.0 Å². The molecule has 2 amide bonds. The van der Waals surface area contributed by atoms with Crippen molar-refractivity contribution >= 4 is 11.8 Å². The van der Waals surface area contributed by atoms with Crippen LogP contribution in [0.4, 0.5) is 0 Å². The van der Waals surface area contributed by atoms with Crippen LogP contribution in [-0.2, 0) is 9.59 Å². The second-order valence-corrected chi connectivity index (χ2v) is 5.26. The average molecular weight is 229 g/mol. The van der Waals surface area contributed by atoms with Gasteiger partial charge in [0, 0.05) is 19.6 Å². The van der Waals surface area contributed by atoms with Gasteiger partial charge >= 0.3 is 0 Å². The molecule has 0 atom stereocenters. The second kappa shape index (κ2) is 5.84. The summed E-state index contributed by atoms with van der Waals surface area (Å²) in [4.78, 5) is 26.1. The molecule has 5 heteroatoms. The van der Waals surface area contributed by atoms with Crippen molar-refractivity contribution in [3.63, 3.8) is 0 Å². The van der Waals surface area contributed by atoms with Gasteiger partial charge in [0.2, 0.25) is 11.8 Å². The van der Waals surface area contributed by atoms with E-state index >= 15 is 0 Å². The highest BCUT2D eigenvalue weighted by molar-refractivity contribution is 5.81. The molecule has 0 heterocycles. The summed E-state index contributed by atoms with van der Waals surface area (Å²) in [6.45, 7) is 6.27. The lowest BCUT2D eigenvalue weighted by Gasteiger charge is -2.23. The van der Waals surface area contributed by atoms with Crippen molar-refractivity contribution in [3.05, 3.63) is 0 Å². The number of rotatable bonds is 4. The van der Waals surface area contributed by atoms with Gasteiger partial charge in [-0.05, 0) is 27.8 Å². The van der Waals surface area contributed by atoms with Crippen molar-refractivity contribution in [2.45, 2.75) is 26.3 Å². The van der Waals surface area contributed by atoms with Crippen LogP contribution in [0.1, 0.15) is 20.8 Å². The van der Waals surface area contributed by atoms with Gasteiger partial charge in [0.1, 0.15) is 0 Å². The van der Waals surface area contributed by atoms with Crippen molar-refractivity contribution in [1.29, 1.82) is 0 Å². The third-order valence-corrected chi connectivity index (χ3v) is 1.83. The van der Waals surface area contributed by atoms with E-state index in [-0.39, 0.29) is 30.4 Å². The maximum atomic E-state index is 11.5. The molecule has 0 unspecified atom stereocenters. The highest BCUT2D eigenvalue weighted by Gasteiger charge is 2.16. The standard InChI is InChI=1S/C11H23N3O2/c1-11(2,3)12-9(15)7-14(6)8-10(16)13(4)5/h7-8H2,1-6H3,(H,12,15). The van der Waals surface area contributed by atoms with Crippen LogP contribution in [0.25, 0.3) is 0 Å². The fraction of sp³-hybridized carbons (Fsp3) is 0.818. The number of hydrogen-bond donors (Lipinski definition) is 1. The van der Waals surface area contributed by atoms with E-state index in [0.717, 1.165) is 0 Å². The van der Waals surface area contributed by atoms with Crippen molar-refractivity contribution in [3.8, 4) is 0 Å². The van der Waals surface area contributed by atoms with E-state index < -0.39 is 0 Å². The zero-order chi connectivity index (χ0) is 12.9. The molecule has 0 fully saturated rings. The van der Waals surface area contributed by atoms with E-state index in [2.05, 4.69) is 5.32 Å². The number of nitrogens with one attached hydrogen (secondary N) is 1. The van der Waals surface area contributed by atoms with Crippen LogP contribution in [0.2, 0.25) is 0 Å². The van der Waals surface area contributed by atoms with Crippen LogP contribution in [0, 0.1) is 0 Å². The molecule has 5 nitrogen and oxygen atoms in total. The van der Waals surface area contributed by atoms with Gasteiger partial charge in [-0.1, -0.05) is 0 Å². The molecule has 0 saturated heterocycles. The zero-order valence-corrected chi connectivity index (χ0v) is 11.1. The molecule has 16 heavy (non-hydrogen) atoms. The molecule has 0 aromatic heterocycles. The van der Waals surface area contributed by atoms with E-state index in [1.807, 2.05) is 20.8 Å². The Hall–Kier alpha value is -1.10. The van der Waals surface area contributed by atoms with E-state index in [4.69, 9.17) is 0 Å². The predicted molar refractivity (Wildman–Crippen MR) is 64.1 cm³/mol. The maximum Gasteiger partial charge on any atom is 0.236 e. The highest BCUT2D eigenvalue weighted by atomic mass is 16.2. The van der Waals surface area contributed by atoms with Crippen LogP contribution in [0.5, 0.6) is 0 Å². The molecule has 94 valence electrons. The van der Waals surface area contributed by atoms with E-state index in [9.17, 15) is 9.59 Å². The summed E-state index contributed by atoms with van der Waals surface area (Å²) in [5, 5.41) is 2.85. The molecule has 0 radical (unpaired) electrons. The minimum atomic E-state index is -0.233. The Labute approximate surface area is 97.8 Å². The normalized spacial score (nSPS) is 11.4. The second-order valence-electron chi connectivity index (χ2n) is 5.26. The third-order valence-electron chi connectivity index (χ3n) is 1.83. The highest BCUT2D eigenvalue weighted by Crippen LogP contribution is 1.98. The Morgan fingerprint density at radius 1 is 1.06 bits per heavy atom. The molecule has 0 aliphatic carbocycles. The lowest BCUT2D eigenvalue weighted by Crippen LogP contribution is -2.46. The zero-order valence-electron chi connectivity index (χ0n) is 11.1. The van der Waals surface area contributed by atoms with Gasteiger partial charge in [-0.3, -0.25) is 14.5 Å². The van der Waals surface area contributed by atoms with Crippen LogP contribution >= 0.6 is 0 Å². The lowest BCUT2D eigenvalue weighted by molar-refractivity contribution is -0.130. The molecular formula is C11H23N3O2. The first-order valence-electron chi connectivity index (χ1n) is 5.31. The summed E-state index contributed by atoms with van der Waals surface area (Å²) in [7, 11) is 5.15. The Morgan fingerprint density at radius 2 is 1.56 bits per heavy atom. The summed E-state index contributed by atoms with van der Waals surface area (Å²) in [6.07, 6.45) is 0. The first kappa shape index (κ1) is 14.9. The Kier molecular flexibility index (Phi) is 5.44. The van der Waals surface area contributed by atoms with Crippen LogP contribution in [0.3, 0.4) is 0 Å². The molecule has 0 aromatic rings. The lowest BCUT2D eigenvalue weighted by atomic mass is 10.1. The first-order valence-corrected chi connectivity index (χ1v) is 5.31. The number of carbonyl (C=O) groups is 2. The Balaban J connectivity index is 4.01. The summed E-state index contributed by atoms with van der Waals surface area (Å²) in [6, 6.07) is 0. The summed E-state index contributed by atoms with van der Waals surface area (Å²) >= 11 is 0. The Bertz CT molecular complexity index is 256. The van der Waals surface area contributed by atoms with Crippen LogP contribution in [0.15, 0.2) is 0 Å². The van der Waals surface area contributed by atoms with Crippen LogP contribution in [-0.4, -0.2) is 61.4 Å². The van der Waals surface area contributed by atoms with Gasteiger partial charge in [0.15, 0.2) is 0 Å². The summed E-state index contributed by atoms with van der Waals surface area (Å²) < 4.78 is 0. The fourth-order valence-corrected chi connectivity index (χ4v) is 1.13. The first-order chi connectivity index (χ1) is 7.11. The van der Waals surface area contributed by atoms with Crippen molar-refractivity contribution in [1.82, 2.24) is 15.1 Å². The number of hydrogen-bond acceptors (Lipinski definition) is 3. The third kappa shape index (κ3) is 7.23. The fourth-order valence-electron chi connectivity index (χ4n) is 1.13. The minimum absolute atomic E-state index is 0.00828. The SMILES string of the molecule is CN(CC(=O)NC(C)(C)C)CC(=O)N(C)C. The average Bonchev–Trinajstić information content (AvgIpc) is 1.98. The summed E-state index contributed by atoms with van der Waals surface area (Å²) in [5.41, 5.74) is -0.233. The number of nitrogens with zero attached hydrogens (tertiary/aromatic N) is 2. The van der Waals surface area contributed by atoms with Gasteiger partial charge < -0.3 is 10.2 Å². The topological polar surface area (TPSA) is 52.7 Å². The van der Waals surface area contributed by atoms with Crippen molar-refractivity contribution in [2.24, 2.45) is 0 Å². The number of carbonyl (C=O) groups excluding carboxylic acids is 2.